The minimum atomic E-state index is -3.33. The number of hydrogen-bond acceptors (Lipinski definition) is 3. The quantitative estimate of drug-likeness (QED) is 0.845. The molecule has 0 bridgehead atoms. The average molecular weight is 298 g/mol. The third-order valence-electron chi connectivity index (χ3n) is 3.14. The van der Waals surface area contributed by atoms with Gasteiger partial charge in [-0.1, -0.05) is 19.9 Å². The van der Waals surface area contributed by atoms with Gasteiger partial charge in [0, 0.05) is 17.3 Å². The number of nitrogens with one attached hydrogen (secondary N) is 2. The highest BCUT2D eigenvalue weighted by Gasteiger charge is 2.13. The van der Waals surface area contributed by atoms with E-state index >= 15 is 0 Å². The molecule has 0 radical (unpaired) electrons. The van der Waals surface area contributed by atoms with Crippen molar-refractivity contribution >= 4 is 21.6 Å². The lowest BCUT2D eigenvalue weighted by Gasteiger charge is -2.17. The zero-order valence-electron chi connectivity index (χ0n) is 12.3. The van der Waals surface area contributed by atoms with Crippen LogP contribution in [-0.4, -0.2) is 26.1 Å². The standard InChI is InChI=1S/C14H22N2O3S/c1-5-20(18,19)16-13-8-6-7-12(9-13)14(17)15-11(4)10(2)3/h6-11,16H,5H2,1-4H3,(H,15,17). The molecule has 1 aromatic carbocycles. The van der Waals surface area contributed by atoms with Gasteiger partial charge in [-0.05, 0) is 38.0 Å². The van der Waals surface area contributed by atoms with E-state index in [0.717, 1.165) is 0 Å². The lowest BCUT2D eigenvalue weighted by atomic mass is 10.1. The predicted molar refractivity (Wildman–Crippen MR) is 81.3 cm³/mol. The maximum absolute atomic E-state index is 12.1. The van der Waals surface area contributed by atoms with E-state index in [-0.39, 0.29) is 17.7 Å². The van der Waals surface area contributed by atoms with Crippen LogP contribution in [0.4, 0.5) is 5.69 Å². The molecule has 0 saturated carbocycles. The molecule has 20 heavy (non-hydrogen) atoms. The van der Waals surface area contributed by atoms with Gasteiger partial charge in [-0.15, -0.1) is 0 Å². The van der Waals surface area contributed by atoms with Crippen molar-refractivity contribution in [2.45, 2.75) is 33.7 Å². The van der Waals surface area contributed by atoms with Gasteiger partial charge in [-0.25, -0.2) is 8.42 Å². The van der Waals surface area contributed by atoms with Crippen LogP contribution in [0, 0.1) is 5.92 Å². The van der Waals surface area contributed by atoms with Crippen LogP contribution >= 0.6 is 0 Å². The summed E-state index contributed by atoms with van der Waals surface area (Å²) in [5.74, 6) is 0.123. The summed E-state index contributed by atoms with van der Waals surface area (Å²) >= 11 is 0. The topological polar surface area (TPSA) is 75.3 Å². The number of rotatable bonds is 6. The van der Waals surface area contributed by atoms with Crippen molar-refractivity contribution in [2.75, 3.05) is 10.5 Å². The van der Waals surface area contributed by atoms with Gasteiger partial charge in [-0.3, -0.25) is 9.52 Å². The molecular formula is C14H22N2O3S. The molecule has 0 aliphatic carbocycles. The van der Waals surface area contributed by atoms with E-state index in [1.165, 1.54) is 6.07 Å². The smallest absolute Gasteiger partial charge is 0.251 e. The molecule has 1 rings (SSSR count). The summed E-state index contributed by atoms with van der Waals surface area (Å²) < 4.78 is 25.4. The Labute approximate surface area is 120 Å². The molecule has 0 saturated heterocycles. The predicted octanol–water partition coefficient (Wildman–Crippen LogP) is 2.22. The van der Waals surface area contributed by atoms with Crippen LogP contribution in [0.3, 0.4) is 0 Å². The Morgan fingerprint density at radius 2 is 1.90 bits per heavy atom. The van der Waals surface area contributed by atoms with E-state index in [1.54, 1.807) is 25.1 Å². The monoisotopic (exact) mass is 298 g/mol. The maximum Gasteiger partial charge on any atom is 0.251 e. The second-order valence-electron chi connectivity index (χ2n) is 5.09. The molecule has 112 valence electrons. The minimum Gasteiger partial charge on any atom is -0.349 e. The number of hydrogen-bond donors (Lipinski definition) is 2. The normalized spacial score (nSPS) is 13.1. The van der Waals surface area contributed by atoms with Crippen molar-refractivity contribution < 1.29 is 13.2 Å². The number of carbonyl (C=O) groups is 1. The lowest BCUT2D eigenvalue weighted by Crippen LogP contribution is -2.36. The molecule has 0 aromatic heterocycles. The molecular weight excluding hydrogens is 276 g/mol. The molecule has 2 N–H and O–H groups in total. The van der Waals surface area contributed by atoms with Crippen LogP contribution in [0.15, 0.2) is 24.3 Å². The summed E-state index contributed by atoms with van der Waals surface area (Å²) in [5, 5.41) is 2.88. The third kappa shape index (κ3) is 4.85. The zero-order chi connectivity index (χ0) is 15.3. The van der Waals surface area contributed by atoms with Gasteiger partial charge < -0.3 is 5.32 Å². The van der Waals surface area contributed by atoms with Crippen LogP contribution in [0.25, 0.3) is 0 Å². The van der Waals surface area contributed by atoms with Crippen molar-refractivity contribution in [1.82, 2.24) is 5.32 Å². The fourth-order valence-electron chi connectivity index (χ4n) is 1.43. The summed E-state index contributed by atoms with van der Waals surface area (Å²) in [5.41, 5.74) is 0.838. The minimum absolute atomic E-state index is 0.00614. The van der Waals surface area contributed by atoms with Crippen LogP contribution in [0.2, 0.25) is 0 Å². The van der Waals surface area contributed by atoms with Crippen molar-refractivity contribution in [1.29, 1.82) is 0 Å². The molecule has 1 aromatic rings. The number of amides is 1. The van der Waals surface area contributed by atoms with Gasteiger partial charge in [0.15, 0.2) is 0 Å². The molecule has 0 aliphatic heterocycles. The van der Waals surface area contributed by atoms with Crippen molar-refractivity contribution in [3.05, 3.63) is 29.8 Å². The second-order valence-corrected chi connectivity index (χ2v) is 7.10. The highest BCUT2D eigenvalue weighted by Crippen LogP contribution is 2.13. The van der Waals surface area contributed by atoms with Crippen LogP contribution in [0.5, 0.6) is 0 Å². The largest absolute Gasteiger partial charge is 0.349 e. The van der Waals surface area contributed by atoms with Gasteiger partial charge in [0.1, 0.15) is 0 Å². The van der Waals surface area contributed by atoms with Crippen molar-refractivity contribution in [3.63, 3.8) is 0 Å². The highest BCUT2D eigenvalue weighted by atomic mass is 32.2. The Morgan fingerprint density at radius 3 is 2.45 bits per heavy atom. The molecule has 1 unspecified atom stereocenters. The summed E-state index contributed by atoms with van der Waals surface area (Å²) in [6.45, 7) is 7.54. The Hall–Kier alpha value is -1.56. The maximum atomic E-state index is 12.1. The summed E-state index contributed by atoms with van der Waals surface area (Å²) in [7, 11) is -3.33. The van der Waals surface area contributed by atoms with Gasteiger partial charge in [0.2, 0.25) is 10.0 Å². The van der Waals surface area contributed by atoms with E-state index in [1.807, 2.05) is 20.8 Å². The Kier molecular flexibility index (Phi) is 5.56. The Balaban J connectivity index is 2.85. The van der Waals surface area contributed by atoms with Gasteiger partial charge >= 0.3 is 0 Å². The SMILES string of the molecule is CCS(=O)(=O)Nc1cccc(C(=O)NC(C)C(C)C)c1. The highest BCUT2D eigenvalue weighted by molar-refractivity contribution is 7.92. The number of carbonyl (C=O) groups excluding carboxylic acids is 1. The molecule has 1 atom stereocenters. The van der Waals surface area contributed by atoms with Gasteiger partial charge in [0.05, 0.1) is 5.75 Å². The zero-order valence-corrected chi connectivity index (χ0v) is 13.1. The fraction of sp³-hybridized carbons (Fsp3) is 0.500. The number of anilines is 1. The molecule has 0 spiro atoms. The van der Waals surface area contributed by atoms with Crippen molar-refractivity contribution in [2.24, 2.45) is 5.92 Å². The second kappa shape index (κ2) is 6.74. The average Bonchev–Trinajstić information content (AvgIpc) is 2.38. The summed E-state index contributed by atoms with van der Waals surface area (Å²) in [6.07, 6.45) is 0. The van der Waals surface area contributed by atoms with E-state index in [9.17, 15) is 13.2 Å². The van der Waals surface area contributed by atoms with Crippen molar-refractivity contribution in [3.8, 4) is 0 Å². The van der Waals surface area contributed by atoms with Crippen LogP contribution < -0.4 is 10.0 Å². The first kappa shape index (κ1) is 16.5. The molecule has 1 amide bonds. The van der Waals surface area contributed by atoms with Crippen LogP contribution in [0.1, 0.15) is 38.1 Å². The molecule has 5 nitrogen and oxygen atoms in total. The first-order valence-electron chi connectivity index (χ1n) is 6.66. The lowest BCUT2D eigenvalue weighted by molar-refractivity contribution is 0.0930. The molecule has 6 heteroatoms. The van der Waals surface area contributed by atoms with E-state index < -0.39 is 10.0 Å². The molecule has 0 heterocycles. The van der Waals surface area contributed by atoms with E-state index in [4.69, 9.17) is 0 Å². The summed E-state index contributed by atoms with van der Waals surface area (Å²) in [4.78, 5) is 12.1. The molecule has 0 fully saturated rings. The Bertz CT molecular complexity index is 568. The molecule has 0 aliphatic rings. The fourth-order valence-corrected chi connectivity index (χ4v) is 2.06. The van der Waals surface area contributed by atoms with Gasteiger partial charge in [-0.2, -0.15) is 0 Å². The van der Waals surface area contributed by atoms with Crippen LogP contribution in [-0.2, 0) is 10.0 Å². The third-order valence-corrected chi connectivity index (χ3v) is 4.44. The first-order valence-corrected chi connectivity index (χ1v) is 8.32. The van der Waals surface area contributed by atoms with E-state index in [2.05, 4.69) is 10.0 Å². The number of sulfonamides is 1. The Morgan fingerprint density at radius 1 is 1.25 bits per heavy atom. The first-order chi connectivity index (χ1) is 9.25. The number of benzene rings is 1. The summed E-state index contributed by atoms with van der Waals surface area (Å²) in [6, 6.07) is 6.53. The van der Waals surface area contributed by atoms with Gasteiger partial charge in [0.25, 0.3) is 5.91 Å². The van der Waals surface area contributed by atoms with E-state index in [0.29, 0.717) is 17.2 Å².